The van der Waals surface area contributed by atoms with Crippen LogP contribution in [0.5, 0.6) is 0 Å². The van der Waals surface area contributed by atoms with Crippen molar-refractivity contribution >= 4 is 11.6 Å². The standard InChI is InChI=1S/C14H9F2N5O2/c15-8-3-9(16)5-10(4-8)19-12(22)6-13-20-21-14(23-13)11-7-17-1-2-18-11/h1-5,7H,6H2,(H,19,22). The molecule has 0 aliphatic heterocycles. The van der Waals surface area contributed by atoms with Gasteiger partial charge in [-0.2, -0.15) is 0 Å². The van der Waals surface area contributed by atoms with Gasteiger partial charge in [-0.25, -0.2) is 13.8 Å². The largest absolute Gasteiger partial charge is 0.419 e. The van der Waals surface area contributed by atoms with Crippen LogP contribution in [0.3, 0.4) is 0 Å². The summed E-state index contributed by atoms with van der Waals surface area (Å²) in [7, 11) is 0. The van der Waals surface area contributed by atoms with Crippen molar-refractivity contribution in [3.63, 3.8) is 0 Å². The summed E-state index contributed by atoms with van der Waals surface area (Å²) >= 11 is 0. The van der Waals surface area contributed by atoms with E-state index in [0.29, 0.717) is 11.8 Å². The Hall–Kier alpha value is -3.23. The Labute approximate surface area is 128 Å². The summed E-state index contributed by atoms with van der Waals surface area (Å²) in [4.78, 5) is 19.7. The van der Waals surface area contributed by atoms with E-state index in [-0.39, 0.29) is 23.9 Å². The first kappa shape index (κ1) is 14.7. The van der Waals surface area contributed by atoms with Crippen LogP contribution in [0, 0.1) is 11.6 Å². The molecule has 7 nitrogen and oxygen atoms in total. The van der Waals surface area contributed by atoms with Crippen LogP contribution >= 0.6 is 0 Å². The Morgan fingerprint density at radius 1 is 1.13 bits per heavy atom. The van der Waals surface area contributed by atoms with Gasteiger partial charge < -0.3 is 9.73 Å². The Balaban J connectivity index is 1.68. The zero-order valence-corrected chi connectivity index (χ0v) is 11.5. The maximum Gasteiger partial charge on any atom is 0.267 e. The number of aromatic nitrogens is 4. The molecule has 0 unspecified atom stereocenters. The van der Waals surface area contributed by atoms with Gasteiger partial charge in [0.25, 0.3) is 5.89 Å². The molecule has 1 aromatic carbocycles. The molecular weight excluding hydrogens is 308 g/mol. The third-order valence-electron chi connectivity index (χ3n) is 2.71. The second-order valence-corrected chi connectivity index (χ2v) is 4.47. The first-order valence-electron chi connectivity index (χ1n) is 6.45. The number of hydrogen-bond donors (Lipinski definition) is 1. The summed E-state index contributed by atoms with van der Waals surface area (Å²) in [5, 5.41) is 9.82. The molecule has 0 aliphatic rings. The number of carbonyl (C=O) groups excluding carboxylic acids is 1. The minimum atomic E-state index is -0.789. The third-order valence-corrected chi connectivity index (χ3v) is 2.71. The van der Waals surface area contributed by atoms with Crippen molar-refractivity contribution in [3.05, 3.63) is 54.3 Å². The summed E-state index contributed by atoms with van der Waals surface area (Å²) in [5.41, 5.74) is 0.375. The highest BCUT2D eigenvalue weighted by Gasteiger charge is 2.14. The number of hydrogen-bond acceptors (Lipinski definition) is 6. The van der Waals surface area contributed by atoms with Crippen LogP contribution in [0.2, 0.25) is 0 Å². The van der Waals surface area contributed by atoms with Crippen LogP contribution in [0.15, 0.2) is 41.2 Å². The van der Waals surface area contributed by atoms with E-state index in [0.717, 1.165) is 12.1 Å². The van der Waals surface area contributed by atoms with Crippen LogP contribution in [0.25, 0.3) is 11.6 Å². The zero-order valence-electron chi connectivity index (χ0n) is 11.5. The van der Waals surface area contributed by atoms with Gasteiger partial charge in [0.05, 0.1) is 6.20 Å². The Kier molecular flexibility index (Phi) is 4.00. The highest BCUT2D eigenvalue weighted by atomic mass is 19.1. The number of nitrogens with zero attached hydrogens (tertiary/aromatic N) is 4. The molecule has 2 aromatic heterocycles. The lowest BCUT2D eigenvalue weighted by molar-refractivity contribution is -0.115. The van der Waals surface area contributed by atoms with Gasteiger partial charge in [0.2, 0.25) is 11.8 Å². The molecule has 1 amide bonds. The number of amides is 1. The third kappa shape index (κ3) is 3.70. The fourth-order valence-electron chi connectivity index (χ4n) is 1.81. The first-order chi connectivity index (χ1) is 11.1. The van der Waals surface area contributed by atoms with E-state index >= 15 is 0 Å². The van der Waals surface area contributed by atoms with Gasteiger partial charge in [-0.05, 0) is 12.1 Å². The van der Waals surface area contributed by atoms with E-state index in [1.54, 1.807) is 0 Å². The van der Waals surface area contributed by atoms with Crippen molar-refractivity contribution in [2.75, 3.05) is 5.32 Å². The Morgan fingerprint density at radius 2 is 1.91 bits per heavy atom. The molecule has 0 saturated carbocycles. The SMILES string of the molecule is O=C(Cc1nnc(-c2cnccn2)o1)Nc1cc(F)cc(F)c1. The number of nitrogens with one attached hydrogen (secondary N) is 1. The molecule has 0 radical (unpaired) electrons. The summed E-state index contributed by atoms with van der Waals surface area (Å²) in [6, 6.07) is 2.71. The summed E-state index contributed by atoms with van der Waals surface area (Å²) in [5.74, 6) is -1.96. The van der Waals surface area contributed by atoms with Crippen molar-refractivity contribution < 1.29 is 18.0 Å². The second kappa shape index (κ2) is 6.26. The highest BCUT2D eigenvalue weighted by Crippen LogP contribution is 2.15. The number of carbonyl (C=O) groups is 1. The van der Waals surface area contributed by atoms with E-state index in [2.05, 4.69) is 25.5 Å². The molecule has 116 valence electrons. The first-order valence-corrected chi connectivity index (χ1v) is 6.45. The lowest BCUT2D eigenvalue weighted by atomic mass is 10.3. The van der Waals surface area contributed by atoms with Crippen molar-refractivity contribution in [1.29, 1.82) is 0 Å². The molecule has 0 bridgehead atoms. The molecular formula is C14H9F2N5O2. The van der Waals surface area contributed by atoms with Gasteiger partial charge in [-0.3, -0.25) is 9.78 Å². The van der Waals surface area contributed by atoms with Gasteiger partial charge in [-0.15, -0.1) is 10.2 Å². The van der Waals surface area contributed by atoms with Gasteiger partial charge in [0, 0.05) is 24.1 Å². The molecule has 0 saturated heterocycles. The molecule has 2 heterocycles. The predicted octanol–water partition coefficient (Wildman–Crippen LogP) is 1.99. The van der Waals surface area contributed by atoms with E-state index in [1.165, 1.54) is 18.6 Å². The molecule has 0 spiro atoms. The summed E-state index contributed by atoms with van der Waals surface area (Å²) < 4.78 is 31.4. The molecule has 1 N–H and O–H groups in total. The van der Waals surface area contributed by atoms with Gasteiger partial charge in [0.1, 0.15) is 23.7 Å². The van der Waals surface area contributed by atoms with Crippen molar-refractivity contribution in [2.45, 2.75) is 6.42 Å². The monoisotopic (exact) mass is 317 g/mol. The molecule has 23 heavy (non-hydrogen) atoms. The average molecular weight is 317 g/mol. The minimum Gasteiger partial charge on any atom is -0.419 e. The second-order valence-electron chi connectivity index (χ2n) is 4.47. The predicted molar refractivity (Wildman–Crippen MR) is 74.0 cm³/mol. The Morgan fingerprint density at radius 3 is 2.61 bits per heavy atom. The molecule has 9 heteroatoms. The fraction of sp³-hybridized carbons (Fsp3) is 0.0714. The fourth-order valence-corrected chi connectivity index (χ4v) is 1.81. The van der Waals surface area contributed by atoms with E-state index in [9.17, 15) is 13.6 Å². The van der Waals surface area contributed by atoms with Crippen molar-refractivity contribution in [3.8, 4) is 11.6 Å². The summed E-state index contributed by atoms with van der Waals surface area (Å²) in [6.45, 7) is 0. The molecule has 3 rings (SSSR count). The number of anilines is 1. The Bertz CT molecular complexity index is 818. The number of halogens is 2. The summed E-state index contributed by atoms with van der Waals surface area (Å²) in [6.07, 6.45) is 4.15. The van der Waals surface area contributed by atoms with Crippen LogP contribution in [0.1, 0.15) is 5.89 Å². The number of benzene rings is 1. The smallest absolute Gasteiger partial charge is 0.267 e. The van der Waals surface area contributed by atoms with Crippen molar-refractivity contribution in [1.82, 2.24) is 20.2 Å². The quantitative estimate of drug-likeness (QED) is 0.791. The van der Waals surface area contributed by atoms with E-state index in [4.69, 9.17) is 4.42 Å². The zero-order chi connectivity index (χ0) is 16.2. The maximum absolute atomic E-state index is 13.1. The minimum absolute atomic E-state index is 0.00108. The normalized spacial score (nSPS) is 10.5. The number of rotatable bonds is 4. The van der Waals surface area contributed by atoms with Crippen LogP contribution in [-0.4, -0.2) is 26.1 Å². The van der Waals surface area contributed by atoms with Crippen LogP contribution < -0.4 is 5.32 Å². The van der Waals surface area contributed by atoms with Crippen LogP contribution in [-0.2, 0) is 11.2 Å². The molecule has 3 aromatic rings. The van der Waals surface area contributed by atoms with Gasteiger partial charge in [-0.1, -0.05) is 0 Å². The van der Waals surface area contributed by atoms with Gasteiger partial charge in [0.15, 0.2) is 0 Å². The maximum atomic E-state index is 13.1. The van der Waals surface area contributed by atoms with Crippen molar-refractivity contribution in [2.24, 2.45) is 0 Å². The topological polar surface area (TPSA) is 93.8 Å². The molecule has 0 fully saturated rings. The van der Waals surface area contributed by atoms with E-state index in [1.807, 2.05) is 0 Å². The molecule has 0 aliphatic carbocycles. The van der Waals surface area contributed by atoms with Crippen LogP contribution in [0.4, 0.5) is 14.5 Å². The average Bonchev–Trinajstić information content (AvgIpc) is 2.95. The lowest BCUT2D eigenvalue weighted by Gasteiger charge is -2.03. The molecule has 0 atom stereocenters. The van der Waals surface area contributed by atoms with E-state index < -0.39 is 17.5 Å². The lowest BCUT2D eigenvalue weighted by Crippen LogP contribution is -2.14. The van der Waals surface area contributed by atoms with Gasteiger partial charge >= 0.3 is 0 Å². The highest BCUT2D eigenvalue weighted by molar-refractivity contribution is 5.91.